The normalized spacial score (nSPS) is 28.8. The number of fused-ring (bicyclic) bond motifs is 4. The number of urea groups is 1. The number of amides is 2. The number of rotatable bonds is 3. The Balaban J connectivity index is 2.13. The van der Waals surface area contributed by atoms with E-state index in [2.05, 4.69) is 10.6 Å². The van der Waals surface area contributed by atoms with E-state index in [4.69, 9.17) is 32.7 Å². The Labute approximate surface area is 137 Å². The molecular formula is C14H14Cl2N2O4. The molecule has 1 aromatic rings. The molecule has 0 spiro atoms. The molecule has 3 rings (SSSR count). The zero-order valence-electron chi connectivity index (χ0n) is 11.7. The predicted molar refractivity (Wildman–Crippen MR) is 80.1 cm³/mol. The van der Waals surface area contributed by atoms with E-state index in [1.807, 2.05) is 0 Å². The van der Waals surface area contributed by atoms with Crippen LogP contribution in [0, 0.1) is 5.92 Å². The molecule has 6 nitrogen and oxygen atoms in total. The molecule has 0 radical (unpaired) electrons. The van der Waals surface area contributed by atoms with Gasteiger partial charge in [-0.05, 0) is 25.1 Å². The third-order valence-corrected chi connectivity index (χ3v) is 4.42. The number of esters is 1. The summed E-state index contributed by atoms with van der Waals surface area (Å²) in [7, 11) is 0. The predicted octanol–water partition coefficient (Wildman–Crippen LogP) is 2.20. The first-order valence-corrected chi connectivity index (χ1v) is 7.71. The molecule has 22 heavy (non-hydrogen) atoms. The van der Waals surface area contributed by atoms with Crippen molar-refractivity contribution < 1.29 is 19.1 Å². The van der Waals surface area contributed by atoms with E-state index in [0.717, 1.165) is 0 Å². The Bertz CT molecular complexity index is 639. The summed E-state index contributed by atoms with van der Waals surface area (Å²) >= 11 is 12.1. The summed E-state index contributed by atoms with van der Waals surface area (Å²) in [5.74, 6) is -0.884. The smallest absolute Gasteiger partial charge is 0.318 e. The van der Waals surface area contributed by atoms with Crippen LogP contribution in [0.1, 0.15) is 18.5 Å². The van der Waals surface area contributed by atoms with Crippen LogP contribution in [-0.2, 0) is 9.53 Å². The van der Waals surface area contributed by atoms with Crippen LogP contribution in [0.25, 0.3) is 0 Å². The molecule has 1 fully saturated rings. The Morgan fingerprint density at radius 1 is 1.50 bits per heavy atom. The molecule has 2 aliphatic rings. The van der Waals surface area contributed by atoms with Crippen LogP contribution in [0.4, 0.5) is 4.79 Å². The maximum absolute atomic E-state index is 12.4. The fourth-order valence-electron chi connectivity index (χ4n) is 2.90. The third-order valence-electron chi connectivity index (χ3n) is 3.79. The number of alkyl halides is 1. The number of nitrogens with one attached hydrogen (secondary N) is 2. The van der Waals surface area contributed by atoms with Crippen molar-refractivity contribution in [3.63, 3.8) is 0 Å². The summed E-state index contributed by atoms with van der Waals surface area (Å²) in [4.78, 5) is 24.3. The highest BCUT2D eigenvalue weighted by molar-refractivity contribution is 6.30. The van der Waals surface area contributed by atoms with Gasteiger partial charge in [-0.3, -0.25) is 10.1 Å². The molecule has 2 heterocycles. The van der Waals surface area contributed by atoms with Gasteiger partial charge in [0.05, 0.1) is 18.5 Å². The zero-order chi connectivity index (χ0) is 15.9. The van der Waals surface area contributed by atoms with Crippen LogP contribution >= 0.6 is 23.2 Å². The van der Waals surface area contributed by atoms with E-state index in [1.165, 1.54) is 0 Å². The monoisotopic (exact) mass is 344 g/mol. The average molecular weight is 345 g/mol. The summed E-state index contributed by atoms with van der Waals surface area (Å²) in [6, 6.07) is 3.94. The van der Waals surface area contributed by atoms with Gasteiger partial charge in [-0.15, -0.1) is 11.6 Å². The minimum atomic E-state index is -1.35. The van der Waals surface area contributed by atoms with Gasteiger partial charge in [0.2, 0.25) is 5.72 Å². The van der Waals surface area contributed by atoms with Gasteiger partial charge in [0.25, 0.3) is 0 Å². The lowest BCUT2D eigenvalue weighted by molar-refractivity contribution is -0.162. The topological polar surface area (TPSA) is 76.7 Å². The van der Waals surface area contributed by atoms with Crippen molar-refractivity contribution in [2.45, 2.75) is 18.7 Å². The van der Waals surface area contributed by atoms with Crippen molar-refractivity contribution in [3.05, 3.63) is 28.8 Å². The second kappa shape index (κ2) is 5.52. The number of hydrogen-bond acceptors (Lipinski definition) is 4. The Hall–Kier alpha value is -1.66. The van der Waals surface area contributed by atoms with Crippen LogP contribution < -0.4 is 15.4 Å². The molecular weight excluding hydrogens is 331 g/mol. The summed E-state index contributed by atoms with van der Waals surface area (Å²) in [5, 5.41) is 5.83. The largest absolute Gasteiger partial charge is 0.466 e. The maximum Gasteiger partial charge on any atom is 0.318 e. The molecule has 0 aliphatic carbocycles. The number of ether oxygens (including phenoxy) is 2. The van der Waals surface area contributed by atoms with E-state index in [9.17, 15) is 9.59 Å². The average Bonchev–Trinajstić information content (AvgIpc) is 2.47. The molecule has 8 heteroatoms. The molecule has 1 aromatic carbocycles. The molecule has 2 aliphatic heterocycles. The number of hydrogen-bond donors (Lipinski definition) is 2. The molecule has 118 valence electrons. The molecule has 0 unspecified atom stereocenters. The first kappa shape index (κ1) is 15.2. The summed E-state index contributed by atoms with van der Waals surface area (Å²) < 4.78 is 11.0. The lowest BCUT2D eigenvalue weighted by Gasteiger charge is -2.49. The van der Waals surface area contributed by atoms with Gasteiger partial charge in [-0.25, -0.2) is 4.79 Å². The summed E-state index contributed by atoms with van der Waals surface area (Å²) in [6.07, 6.45) is 0. The number of carbonyl (C=O) groups is 2. The van der Waals surface area contributed by atoms with Crippen molar-refractivity contribution in [2.75, 3.05) is 12.5 Å². The van der Waals surface area contributed by atoms with Gasteiger partial charge in [0.15, 0.2) is 0 Å². The standard InChI is InChI=1S/C14H14Cl2N2O4/c1-2-21-12(19)10-11-8-5-7(16)3-4-9(8)22-14(10,6-15)18-13(20)17-11/h3-5,10-11H,2,6H2,1H3,(H2,17,18,20)/t10-,11-,14-/m0/s1. The number of benzene rings is 1. The van der Waals surface area contributed by atoms with Crippen LogP contribution in [0.15, 0.2) is 18.2 Å². The van der Waals surface area contributed by atoms with Crippen LogP contribution in [0.2, 0.25) is 5.02 Å². The highest BCUT2D eigenvalue weighted by Crippen LogP contribution is 2.46. The van der Waals surface area contributed by atoms with Crippen molar-refractivity contribution in [1.82, 2.24) is 10.6 Å². The lowest BCUT2D eigenvalue weighted by atomic mass is 9.80. The quantitative estimate of drug-likeness (QED) is 0.651. The minimum Gasteiger partial charge on any atom is -0.466 e. The Morgan fingerprint density at radius 3 is 2.95 bits per heavy atom. The molecule has 0 aromatic heterocycles. The van der Waals surface area contributed by atoms with Crippen molar-refractivity contribution in [1.29, 1.82) is 0 Å². The number of halogens is 2. The molecule has 2 N–H and O–H groups in total. The first-order chi connectivity index (χ1) is 10.5. The summed E-state index contributed by atoms with van der Waals surface area (Å²) in [5.41, 5.74) is -0.720. The highest BCUT2D eigenvalue weighted by Gasteiger charge is 2.58. The van der Waals surface area contributed by atoms with E-state index in [1.54, 1.807) is 25.1 Å². The van der Waals surface area contributed by atoms with Gasteiger partial charge in [-0.1, -0.05) is 11.6 Å². The highest BCUT2D eigenvalue weighted by atomic mass is 35.5. The molecule has 1 saturated heterocycles. The van der Waals surface area contributed by atoms with E-state index >= 15 is 0 Å². The maximum atomic E-state index is 12.4. The van der Waals surface area contributed by atoms with Crippen LogP contribution in [-0.4, -0.2) is 30.2 Å². The fraction of sp³-hybridized carbons (Fsp3) is 0.429. The van der Waals surface area contributed by atoms with Crippen LogP contribution in [0.3, 0.4) is 0 Å². The molecule has 2 bridgehead atoms. The van der Waals surface area contributed by atoms with Crippen LogP contribution in [0.5, 0.6) is 5.75 Å². The third kappa shape index (κ3) is 2.27. The van der Waals surface area contributed by atoms with Gasteiger partial charge in [0.1, 0.15) is 11.7 Å². The Morgan fingerprint density at radius 2 is 2.27 bits per heavy atom. The minimum absolute atomic E-state index is 0.0948. The lowest BCUT2D eigenvalue weighted by Crippen LogP contribution is -2.72. The van der Waals surface area contributed by atoms with Gasteiger partial charge in [-0.2, -0.15) is 0 Å². The fourth-order valence-corrected chi connectivity index (χ4v) is 3.37. The second-order valence-corrected chi connectivity index (χ2v) is 5.82. The van der Waals surface area contributed by atoms with Crippen molar-refractivity contribution in [2.24, 2.45) is 5.92 Å². The zero-order valence-corrected chi connectivity index (χ0v) is 13.2. The number of carbonyl (C=O) groups excluding carboxylic acids is 2. The van der Waals surface area contributed by atoms with Gasteiger partial charge < -0.3 is 14.8 Å². The van der Waals surface area contributed by atoms with E-state index in [-0.39, 0.29) is 12.5 Å². The molecule has 3 atom stereocenters. The Kier molecular flexibility index (Phi) is 3.82. The SMILES string of the molecule is CCOC(=O)[C@@H]1[C@H]2NC(=O)N[C@@]1(CCl)Oc1ccc(Cl)cc12. The van der Waals surface area contributed by atoms with Crippen molar-refractivity contribution >= 4 is 35.2 Å². The second-order valence-electron chi connectivity index (χ2n) is 5.11. The van der Waals surface area contributed by atoms with Gasteiger partial charge >= 0.3 is 12.0 Å². The molecule has 2 amide bonds. The van der Waals surface area contributed by atoms with Gasteiger partial charge in [0, 0.05) is 10.6 Å². The van der Waals surface area contributed by atoms with E-state index < -0.39 is 29.7 Å². The van der Waals surface area contributed by atoms with Crippen molar-refractivity contribution in [3.8, 4) is 5.75 Å². The first-order valence-electron chi connectivity index (χ1n) is 6.80. The summed E-state index contributed by atoms with van der Waals surface area (Å²) in [6.45, 7) is 1.93. The molecule has 0 saturated carbocycles. The van der Waals surface area contributed by atoms with E-state index in [0.29, 0.717) is 16.3 Å².